The highest BCUT2D eigenvalue weighted by Gasteiger charge is 2.45. The summed E-state index contributed by atoms with van der Waals surface area (Å²) >= 11 is 0. The van der Waals surface area contributed by atoms with Crippen molar-refractivity contribution in [3.63, 3.8) is 0 Å². The van der Waals surface area contributed by atoms with Gasteiger partial charge in [-0.1, -0.05) is 0 Å². The van der Waals surface area contributed by atoms with E-state index in [0.717, 1.165) is 16.7 Å². The summed E-state index contributed by atoms with van der Waals surface area (Å²) in [6.07, 6.45) is -4.50. The number of fused-ring (bicyclic) bond motifs is 1. The molecule has 1 N–H and O–H groups in total. The molecule has 0 saturated heterocycles. The van der Waals surface area contributed by atoms with E-state index in [2.05, 4.69) is 4.84 Å². The molecule has 0 radical (unpaired) electrons. The second-order valence-electron chi connectivity index (χ2n) is 7.43. The maximum absolute atomic E-state index is 13.2. The van der Waals surface area contributed by atoms with Gasteiger partial charge in [-0.25, -0.2) is 0 Å². The maximum Gasteiger partial charge on any atom is 0.416 e. The first-order valence-corrected chi connectivity index (χ1v) is 8.97. The first kappa shape index (κ1) is 21.6. The third-order valence-corrected chi connectivity index (χ3v) is 4.94. The fourth-order valence-electron chi connectivity index (χ4n) is 3.40. The van der Waals surface area contributed by atoms with Gasteiger partial charge >= 0.3 is 6.18 Å². The summed E-state index contributed by atoms with van der Waals surface area (Å²) in [5.41, 5.74) is -2.21. The molecular weight excluding hydrogens is 409 g/mol. The Morgan fingerprint density at radius 2 is 2.00 bits per heavy atom. The van der Waals surface area contributed by atoms with Crippen molar-refractivity contribution in [2.45, 2.75) is 44.2 Å². The standard InChI is InChI=1S/C19H19F3N2O6/c1-18(2)17(26)16(13-10-12(19(20,21)22)3-4-14(13)30-18)23-7-5-11(9-15(23)25)6-8-29-24(27)28/h3-5,7,9-10,16-17,26H,6,8H2,1-2H3/t16-,17+/m1/s1. The largest absolute Gasteiger partial charge is 0.485 e. The van der Waals surface area contributed by atoms with Gasteiger partial charge in [-0.05, 0) is 50.1 Å². The van der Waals surface area contributed by atoms with Crippen LogP contribution in [0.5, 0.6) is 5.75 Å². The van der Waals surface area contributed by atoms with Crippen LogP contribution in [0.2, 0.25) is 0 Å². The second-order valence-corrected chi connectivity index (χ2v) is 7.43. The number of hydrogen-bond donors (Lipinski definition) is 1. The summed E-state index contributed by atoms with van der Waals surface area (Å²) in [4.78, 5) is 27.1. The first-order chi connectivity index (χ1) is 13.9. The summed E-state index contributed by atoms with van der Waals surface area (Å²) in [7, 11) is 0. The summed E-state index contributed by atoms with van der Waals surface area (Å²) < 4.78 is 46.4. The molecule has 1 aliphatic heterocycles. The van der Waals surface area contributed by atoms with Crippen LogP contribution in [0.3, 0.4) is 0 Å². The zero-order valence-electron chi connectivity index (χ0n) is 16.0. The van der Waals surface area contributed by atoms with Crippen molar-refractivity contribution < 1.29 is 32.9 Å². The van der Waals surface area contributed by atoms with Crippen molar-refractivity contribution in [3.05, 3.63) is 73.7 Å². The molecule has 0 bridgehead atoms. The molecule has 8 nitrogen and oxygen atoms in total. The van der Waals surface area contributed by atoms with Crippen molar-refractivity contribution in [1.29, 1.82) is 0 Å². The molecule has 2 aromatic rings. The summed E-state index contributed by atoms with van der Waals surface area (Å²) in [6.45, 7) is 2.89. The van der Waals surface area contributed by atoms with Crippen molar-refractivity contribution >= 4 is 0 Å². The quantitative estimate of drug-likeness (QED) is 0.580. The Kier molecular flexibility index (Phi) is 5.50. The number of alkyl halides is 3. The molecule has 0 saturated carbocycles. The molecular formula is C19H19F3N2O6. The summed E-state index contributed by atoms with van der Waals surface area (Å²) in [5, 5.41) is 20.1. The minimum atomic E-state index is -4.61. The van der Waals surface area contributed by atoms with Crippen LogP contribution >= 0.6 is 0 Å². The van der Waals surface area contributed by atoms with Gasteiger partial charge in [0.2, 0.25) is 0 Å². The predicted octanol–water partition coefficient (Wildman–Crippen LogP) is 2.74. The van der Waals surface area contributed by atoms with E-state index in [4.69, 9.17) is 4.74 Å². The first-order valence-electron chi connectivity index (χ1n) is 8.97. The predicted molar refractivity (Wildman–Crippen MR) is 97.6 cm³/mol. The molecule has 2 heterocycles. The lowest BCUT2D eigenvalue weighted by molar-refractivity contribution is -0.757. The van der Waals surface area contributed by atoms with Crippen LogP contribution in [-0.4, -0.2) is 33.1 Å². The van der Waals surface area contributed by atoms with Gasteiger partial charge < -0.3 is 19.2 Å². The Hall–Kier alpha value is -3.08. The number of halogens is 3. The molecule has 0 aliphatic carbocycles. The third-order valence-electron chi connectivity index (χ3n) is 4.94. The number of ether oxygens (including phenoxy) is 1. The highest BCUT2D eigenvalue weighted by atomic mass is 19.4. The minimum absolute atomic E-state index is 0.0307. The number of pyridine rings is 1. The van der Waals surface area contributed by atoms with Gasteiger partial charge in [0.05, 0.1) is 11.6 Å². The molecule has 11 heteroatoms. The molecule has 2 atom stereocenters. The monoisotopic (exact) mass is 428 g/mol. The van der Waals surface area contributed by atoms with E-state index in [-0.39, 0.29) is 24.3 Å². The smallest absolute Gasteiger partial charge is 0.416 e. The lowest BCUT2D eigenvalue weighted by Gasteiger charge is -2.42. The Morgan fingerprint density at radius 1 is 1.30 bits per heavy atom. The molecule has 1 aromatic heterocycles. The van der Waals surface area contributed by atoms with E-state index in [0.29, 0.717) is 5.56 Å². The van der Waals surface area contributed by atoms with Crippen LogP contribution in [0.4, 0.5) is 13.2 Å². The van der Waals surface area contributed by atoms with Gasteiger partial charge in [0.15, 0.2) is 0 Å². The zero-order chi connectivity index (χ0) is 22.3. The van der Waals surface area contributed by atoms with Gasteiger partial charge in [-0.2, -0.15) is 13.2 Å². The van der Waals surface area contributed by atoms with Crippen LogP contribution in [0.25, 0.3) is 0 Å². The summed E-state index contributed by atoms with van der Waals surface area (Å²) in [5.74, 6) is 0.138. The number of aliphatic hydroxyl groups is 1. The van der Waals surface area contributed by atoms with Crippen LogP contribution < -0.4 is 10.3 Å². The van der Waals surface area contributed by atoms with E-state index in [1.165, 1.54) is 24.4 Å². The Morgan fingerprint density at radius 3 is 2.60 bits per heavy atom. The number of rotatable bonds is 5. The van der Waals surface area contributed by atoms with Crippen molar-refractivity contribution in [2.24, 2.45) is 0 Å². The zero-order valence-corrected chi connectivity index (χ0v) is 16.0. The molecule has 3 rings (SSSR count). The highest BCUT2D eigenvalue weighted by Crippen LogP contribution is 2.43. The average Bonchev–Trinajstić information content (AvgIpc) is 2.62. The highest BCUT2D eigenvalue weighted by molar-refractivity contribution is 5.44. The van der Waals surface area contributed by atoms with Crippen LogP contribution in [0.1, 0.15) is 36.6 Å². The van der Waals surface area contributed by atoms with Gasteiger partial charge in [0.1, 0.15) is 24.1 Å². The van der Waals surface area contributed by atoms with E-state index in [9.17, 15) is 33.2 Å². The maximum atomic E-state index is 13.2. The number of benzene rings is 1. The van der Waals surface area contributed by atoms with Gasteiger partial charge in [-0.15, -0.1) is 10.1 Å². The van der Waals surface area contributed by atoms with E-state index < -0.39 is 40.1 Å². The average molecular weight is 428 g/mol. The van der Waals surface area contributed by atoms with Crippen molar-refractivity contribution in [1.82, 2.24) is 4.57 Å². The third kappa shape index (κ3) is 4.25. The van der Waals surface area contributed by atoms with E-state index in [1.807, 2.05) is 0 Å². The van der Waals surface area contributed by atoms with Crippen LogP contribution in [0, 0.1) is 10.1 Å². The Labute approximate surface area is 168 Å². The molecule has 1 aliphatic rings. The van der Waals surface area contributed by atoms with Crippen molar-refractivity contribution in [3.8, 4) is 5.75 Å². The molecule has 0 unspecified atom stereocenters. The molecule has 0 amide bonds. The van der Waals surface area contributed by atoms with Crippen molar-refractivity contribution in [2.75, 3.05) is 6.61 Å². The minimum Gasteiger partial charge on any atom is -0.485 e. The fourth-order valence-corrected chi connectivity index (χ4v) is 3.40. The SMILES string of the molecule is CC1(C)Oc2ccc(C(F)(F)F)cc2[C@@H](n2ccc(CCO[N+](=O)[O-])cc2=O)[C@@H]1O. The second kappa shape index (κ2) is 7.63. The van der Waals surface area contributed by atoms with Gasteiger partial charge in [-0.3, -0.25) is 4.79 Å². The Bertz CT molecular complexity index is 1020. The van der Waals surface area contributed by atoms with Crippen LogP contribution in [-0.2, 0) is 17.4 Å². The van der Waals surface area contributed by atoms with E-state index >= 15 is 0 Å². The topological polar surface area (TPSA) is 104 Å². The molecule has 162 valence electrons. The molecule has 1 aromatic carbocycles. The van der Waals surface area contributed by atoms with E-state index in [1.54, 1.807) is 13.8 Å². The fraction of sp³-hybridized carbons (Fsp3) is 0.421. The number of nitrogens with zero attached hydrogens (tertiary/aromatic N) is 2. The number of aliphatic hydroxyl groups excluding tert-OH is 1. The number of aromatic nitrogens is 1. The molecule has 30 heavy (non-hydrogen) atoms. The lowest BCUT2D eigenvalue weighted by Crippen LogP contribution is -2.52. The normalized spacial score (nSPS) is 20.2. The summed E-state index contributed by atoms with van der Waals surface area (Å²) in [6, 6.07) is 4.49. The van der Waals surface area contributed by atoms with Crippen LogP contribution in [0.15, 0.2) is 41.3 Å². The Balaban J connectivity index is 2.04. The van der Waals surface area contributed by atoms with Gasteiger partial charge in [0.25, 0.3) is 10.6 Å². The molecule has 0 spiro atoms. The molecule has 0 fully saturated rings. The lowest BCUT2D eigenvalue weighted by atomic mass is 9.85. The number of hydrogen-bond acceptors (Lipinski definition) is 6. The van der Waals surface area contributed by atoms with Gasteiger partial charge in [0, 0.05) is 17.8 Å².